The molecule has 4 N–H and O–H groups in total. The molecule has 0 radical (unpaired) electrons. The molecule has 0 aliphatic carbocycles. The number of nitrogens with zero attached hydrogens (tertiary/aromatic N) is 2. The zero-order chi connectivity index (χ0) is 16.6. The number of fused-ring (bicyclic) bond motifs is 1. The molecule has 8 nitrogen and oxygen atoms in total. The summed E-state index contributed by atoms with van der Waals surface area (Å²) in [5.41, 5.74) is 6.46. The van der Waals surface area contributed by atoms with Crippen molar-refractivity contribution in [3.8, 4) is 5.75 Å². The Hall–Kier alpha value is -2.46. The maximum atomic E-state index is 12.2. The number of nitrogens with one attached hydrogen (secondary N) is 1. The number of anilines is 1. The van der Waals surface area contributed by atoms with Gasteiger partial charge in [0.25, 0.3) is 5.91 Å². The number of nitrogens with two attached hydrogens (primary N) is 1. The standard InChI is InChI=1S/C13H13BN4O4S/c1-6(19)7-3-2-4-8-9(5-14(21)22-10(7)8)16-11(20)12-17-18-13(15)23-12/h2-4,9,21H,5H2,1H3,(H2,15,18)(H,16,20). The van der Waals surface area contributed by atoms with Crippen molar-refractivity contribution < 1.29 is 19.3 Å². The molecule has 0 fully saturated rings. The third kappa shape index (κ3) is 3.03. The van der Waals surface area contributed by atoms with Gasteiger partial charge in [-0.1, -0.05) is 23.5 Å². The van der Waals surface area contributed by atoms with E-state index in [1.54, 1.807) is 18.2 Å². The number of ketones is 1. The Morgan fingerprint density at radius 1 is 1.48 bits per heavy atom. The van der Waals surface area contributed by atoms with E-state index in [4.69, 9.17) is 10.4 Å². The lowest BCUT2D eigenvalue weighted by atomic mass is 9.75. The summed E-state index contributed by atoms with van der Waals surface area (Å²) < 4.78 is 5.38. The normalized spacial score (nSPS) is 16.4. The molecule has 1 amide bonds. The van der Waals surface area contributed by atoms with Gasteiger partial charge in [0.05, 0.1) is 11.6 Å². The van der Waals surface area contributed by atoms with Crippen LogP contribution in [-0.2, 0) is 0 Å². The molecular formula is C13H13BN4O4S. The van der Waals surface area contributed by atoms with Gasteiger partial charge in [-0.05, 0) is 13.0 Å². The molecule has 1 aromatic carbocycles. The number of nitrogen functional groups attached to an aromatic ring is 1. The number of benzene rings is 1. The molecule has 1 aliphatic rings. The van der Waals surface area contributed by atoms with E-state index in [9.17, 15) is 14.6 Å². The number of carbonyl (C=O) groups is 2. The van der Waals surface area contributed by atoms with Crippen molar-refractivity contribution in [2.24, 2.45) is 0 Å². The Kier molecular flexibility index (Phi) is 4.01. The summed E-state index contributed by atoms with van der Waals surface area (Å²) in [5, 5.41) is 20.3. The molecular weight excluding hydrogens is 319 g/mol. The van der Waals surface area contributed by atoms with Crippen LogP contribution in [0.2, 0.25) is 6.32 Å². The molecule has 10 heteroatoms. The van der Waals surface area contributed by atoms with Crippen molar-refractivity contribution >= 4 is 35.3 Å². The monoisotopic (exact) mass is 332 g/mol. The van der Waals surface area contributed by atoms with Gasteiger partial charge in [-0.25, -0.2) is 0 Å². The predicted octanol–water partition coefficient (Wildman–Crippen LogP) is 0.667. The van der Waals surface area contributed by atoms with Crippen molar-refractivity contribution in [3.05, 3.63) is 34.3 Å². The maximum Gasteiger partial charge on any atom is 0.525 e. The quantitative estimate of drug-likeness (QED) is 0.557. The first-order chi connectivity index (χ1) is 11.0. The van der Waals surface area contributed by atoms with E-state index in [-0.39, 0.29) is 22.2 Å². The molecule has 23 heavy (non-hydrogen) atoms. The van der Waals surface area contributed by atoms with Crippen LogP contribution in [0.5, 0.6) is 5.75 Å². The molecule has 1 aliphatic heterocycles. The first kappa shape index (κ1) is 15.4. The largest absolute Gasteiger partial charge is 0.535 e. The minimum atomic E-state index is -1.12. The second kappa shape index (κ2) is 5.97. The van der Waals surface area contributed by atoms with Crippen molar-refractivity contribution in [2.75, 3.05) is 5.73 Å². The zero-order valence-corrected chi connectivity index (χ0v) is 13.0. The number of aromatic nitrogens is 2. The van der Waals surface area contributed by atoms with Crippen LogP contribution in [0.4, 0.5) is 5.13 Å². The van der Waals surface area contributed by atoms with Gasteiger partial charge in [-0.2, -0.15) is 0 Å². The van der Waals surface area contributed by atoms with Crippen LogP contribution in [-0.4, -0.2) is 34.0 Å². The lowest BCUT2D eigenvalue weighted by molar-refractivity contribution is 0.0936. The Morgan fingerprint density at radius 3 is 2.91 bits per heavy atom. The van der Waals surface area contributed by atoms with Gasteiger partial charge in [0.2, 0.25) is 10.1 Å². The van der Waals surface area contributed by atoms with E-state index < -0.39 is 19.1 Å². The van der Waals surface area contributed by atoms with E-state index in [0.717, 1.165) is 11.3 Å². The molecule has 2 aromatic rings. The first-order valence-corrected chi connectivity index (χ1v) is 7.65. The summed E-state index contributed by atoms with van der Waals surface area (Å²) in [4.78, 5) is 23.9. The Balaban J connectivity index is 1.91. The summed E-state index contributed by atoms with van der Waals surface area (Å²) in [6.45, 7) is 1.41. The SMILES string of the molecule is CC(=O)c1cccc2c1OB(O)CC2NC(=O)c1nnc(N)s1. The van der Waals surface area contributed by atoms with Gasteiger partial charge in [0.1, 0.15) is 5.75 Å². The lowest BCUT2D eigenvalue weighted by Crippen LogP contribution is -2.38. The van der Waals surface area contributed by atoms with Crippen LogP contribution in [0, 0.1) is 0 Å². The number of para-hydroxylation sites is 1. The van der Waals surface area contributed by atoms with Gasteiger partial charge in [0, 0.05) is 11.9 Å². The van der Waals surface area contributed by atoms with Gasteiger partial charge in [-0.15, -0.1) is 10.2 Å². The topological polar surface area (TPSA) is 127 Å². The van der Waals surface area contributed by atoms with Crippen LogP contribution in [0.25, 0.3) is 0 Å². The molecule has 0 saturated carbocycles. The van der Waals surface area contributed by atoms with Crippen LogP contribution >= 0.6 is 11.3 Å². The van der Waals surface area contributed by atoms with Crippen LogP contribution in [0.1, 0.15) is 38.7 Å². The van der Waals surface area contributed by atoms with E-state index in [2.05, 4.69) is 15.5 Å². The fraction of sp³-hybridized carbons (Fsp3) is 0.231. The molecule has 0 spiro atoms. The highest BCUT2D eigenvalue weighted by atomic mass is 32.1. The third-order valence-corrected chi connectivity index (χ3v) is 4.18. The van der Waals surface area contributed by atoms with E-state index in [1.807, 2.05) is 0 Å². The number of Topliss-reactive ketones (excluding diaryl/α,β-unsaturated/α-hetero) is 1. The summed E-state index contributed by atoms with van der Waals surface area (Å²) in [6.07, 6.45) is 0.161. The number of hydrogen-bond acceptors (Lipinski definition) is 8. The molecule has 1 atom stereocenters. The van der Waals surface area contributed by atoms with Crippen LogP contribution in [0.15, 0.2) is 18.2 Å². The molecule has 0 saturated heterocycles. The number of hydrogen-bond donors (Lipinski definition) is 3. The van der Waals surface area contributed by atoms with E-state index >= 15 is 0 Å². The first-order valence-electron chi connectivity index (χ1n) is 6.84. The second-order valence-corrected chi connectivity index (χ2v) is 6.07. The summed E-state index contributed by atoms with van der Waals surface area (Å²) in [7, 11) is -1.12. The van der Waals surface area contributed by atoms with E-state index in [0.29, 0.717) is 16.9 Å². The minimum absolute atomic E-state index is 0.132. The molecule has 0 bridgehead atoms. The minimum Gasteiger partial charge on any atom is -0.535 e. The second-order valence-electron chi connectivity index (χ2n) is 5.06. The average molecular weight is 332 g/mol. The number of carbonyl (C=O) groups excluding carboxylic acids is 2. The summed E-state index contributed by atoms with van der Waals surface area (Å²) in [6, 6.07) is 4.56. The summed E-state index contributed by atoms with van der Waals surface area (Å²) >= 11 is 0.970. The highest BCUT2D eigenvalue weighted by Crippen LogP contribution is 2.36. The van der Waals surface area contributed by atoms with Gasteiger partial charge in [-0.3, -0.25) is 9.59 Å². The average Bonchev–Trinajstić information content (AvgIpc) is 2.93. The van der Waals surface area contributed by atoms with Crippen molar-refractivity contribution in [2.45, 2.75) is 19.3 Å². The molecule has 2 heterocycles. The van der Waals surface area contributed by atoms with Crippen molar-refractivity contribution in [1.82, 2.24) is 15.5 Å². The van der Waals surface area contributed by atoms with Crippen molar-refractivity contribution in [3.63, 3.8) is 0 Å². The fourth-order valence-corrected chi connectivity index (χ4v) is 2.95. The zero-order valence-electron chi connectivity index (χ0n) is 12.1. The molecule has 1 unspecified atom stereocenters. The highest BCUT2D eigenvalue weighted by molar-refractivity contribution is 7.16. The van der Waals surface area contributed by atoms with Crippen molar-refractivity contribution in [1.29, 1.82) is 0 Å². The predicted molar refractivity (Wildman–Crippen MR) is 84.4 cm³/mol. The molecule has 1 aromatic heterocycles. The third-order valence-electron chi connectivity index (χ3n) is 3.43. The van der Waals surface area contributed by atoms with Crippen LogP contribution < -0.4 is 15.7 Å². The maximum absolute atomic E-state index is 12.2. The Morgan fingerprint density at radius 2 is 2.26 bits per heavy atom. The molecule has 118 valence electrons. The smallest absolute Gasteiger partial charge is 0.525 e. The van der Waals surface area contributed by atoms with E-state index in [1.165, 1.54) is 6.92 Å². The fourth-order valence-electron chi connectivity index (χ4n) is 2.43. The number of amides is 1. The van der Waals surface area contributed by atoms with Gasteiger partial charge in [0.15, 0.2) is 5.78 Å². The van der Waals surface area contributed by atoms with Crippen LogP contribution in [0.3, 0.4) is 0 Å². The van der Waals surface area contributed by atoms with Gasteiger partial charge < -0.3 is 20.7 Å². The Labute approximate surface area is 135 Å². The molecule has 3 rings (SSSR count). The highest BCUT2D eigenvalue weighted by Gasteiger charge is 2.35. The lowest BCUT2D eigenvalue weighted by Gasteiger charge is -2.29. The number of rotatable bonds is 3. The summed E-state index contributed by atoms with van der Waals surface area (Å²) in [5.74, 6) is -0.337. The van der Waals surface area contributed by atoms with Gasteiger partial charge >= 0.3 is 7.12 Å². The Bertz CT molecular complexity index is 781.